The molecule has 0 heterocycles. The molecule has 30 heavy (non-hydrogen) atoms. The third kappa shape index (κ3) is 3.66. The minimum atomic E-state index is -2.13. The fourth-order valence-electron chi connectivity index (χ4n) is 4.63. The van der Waals surface area contributed by atoms with E-state index in [1.807, 2.05) is 0 Å². The van der Waals surface area contributed by atoms with E-state index >= 15 is 0 Å². The SMILES string of the molecule is C[Si](c1ccccc1)(c1ccccc1)C(Br)[Si](C)(c1ccccc1)c1ccccc1. The van der Waals surface area contributed by atoms with Crippen molar-refractivity contribution in [3.63, 3.8) is 0 Å². The van der Waals surface area contributed by atoms with E-state index in [1.165, 1.54) is 20.7 Å². The van der Waals surface area contributed by atoms with Crippen LogP contribution in [0.5, 0.6) is 0 Å². The number of halogens is 1. The molecular formula is C27H27BrSi2. The molecule has 0 fully saturated rings. The highest BCUT2D eigenvalue weighted by Gasteiger charge is 2.51. The van der Waals surface area contributed by atoms with Gasteiger partial charge in [-0.15, -0.1) is 0 Å². The molecule has 0 aliphatic rings. The summed E-state index contributed by atoms with van der Waals surface area (Å²) in [6.45, 7) is 5.07. The fraction of sp³-hybridized carbons (Fsp3) is 0.111. The maximum atomic E-state index is 4.39. The Hall–Kier alpha value is -2.21. The van der Waals surface area contributed by atoms with Crippen LogP contribution in [-0.2, 0) is 0 Å². The predicted octanol–water partition coefficient (Wildman–Crippen LogP) is 4.61. The molecule has 0 atom stereocenters. The summed E-state index contributed by atoms with van der Waals surface area (Å²) in [5, 5.41) is 5.90. The second-order valence-electron chi connectivity index (χ2n) is 8.23. The van der Waals surface area contributed by atoms with Crippen LogP contribution in [0.2, 0.25) is 13.1 Å². The van der Waals surface area contributed by atoms with E-state index in [0.29, 0.717) is 4.07 Å². The number of hydrogen-bond donors (Lipinski definition) is 0. The van der Waals surface area contributed by atoms with Crippen molar-refractivity contribution in [3.05, 3.63) is 121 Å². The molecule has 3 heteroatoms. The Morgan fingerprint density at radius 2 is 0.633 bits per heavy atom. The maximum absolute atomic E-state index is 4.39. The zero-order valence-electron chi connectivity index (χ0n) is 17.5. The van der Waals surface area contributed by atoms with Crippen molar-refractivity contribution in [2.45, 2.75) is 17.2 Å². The Morgan fingerprint density at radius 3 is 0.833 bits per heavy atom. The standard InChI is InChI=1S/C27H27BrSi2/c1-29(23-15-7-3-8-16-23,24-17-9-4-10-18-24)27(28)30(2,25-19-11-5-12-20-25)26-21-13-6-14-22-26/h3-22,27H,1-2H3. The van der Waals surface area contributed by atoms with Gasteiger partial charge in [-0.05, 0) is 0 Å². The van der Waals surface area contributed by atoms with Crippen molar-refractivity contribution in [2.75, 3.05) is 0 Å². The lowest BCUT2D eigenvalue weighted by Crippen LogP contribution is -2.76. The lowest BCUT2D eigenvalue weighted by molar-refractivity contribution is 1.54. The molecule has 0 saturated heterocycles. The Morgan fingerprint density at radius 1 is 0.433 bits per heavy atom. The Kier molecular flexibility index (Phi) is 6.23. The summed E-state index contributed by atoms with van der Waals surface area (Å²) in [5.74, 6) is 0. The van der Waals surface area contributed by atoms with Gasteiger partial charge in [-0.1, -0.05) is 171 Å². The number of benzene rings is 4. The first-order valence-electron chi connectivity index (χ1n) is 10.4. The molecule has 0 unspecified atom stereocenters. The maximum Gasteiger partial charge on any atom is 0.126 e. The average molecular weight is 488 g/mol. The zero-order valence-corrected chi connectivity index (χ0v) is 21.1. The highest BCUT2D eigenvalue weighted by Crippen LogP contribution is 2.27. The van der Waals surface area contributed by atoms with Crippen LogP contribution < -0.4 is 20.7 Å². The summed E-state index contributed by atoms with van der Waals surface area (Å²) in [5.41, 5.74) is 0. The molecule has 0 saturated carbocycles. The van der Waals surface area contributed by atoms with Gasteiger partial charge in [-0.3, -0.25) is 0 Å². The van der Waals surface area contributed by atoms with E-state index in [4.69, 9.17) is 0 Å². The van der Waals surface area contributed by atoms with Gasteiger partial charge in [0.2, 0.25) is 0 Å². The Balaban J connectivity index is 1.98. The predicted molar refractivity (Wildman–Crippen MR) is 140 cm³/mol. The first-order valence-corrected chi connectivity index (χ1v) is 16.5. The van der Waals surface area contributed by atoms with Gasteiger partial charge in [0.05, 0.1) is 0 Å². The molecule has 0 spiro atoms. The molecule has 0 nitrogen and oxygen atoms in total. The van der Waals surface area contributed by atoms with E-state index in [9.17, 15) is 0 Å². The Bertz CT molecular complexity index is 899. The van der Waals surface area contributed by atoms with E-state index in [0.717, 1.165) is 0 Å². The molecule has 0 aliphatic heterocycles. The monoisotopic (exact) mass is 486 g/mol. The zero-order chi connectivity index (χ0) is 21.0. The molecule has 0 aromatic heterocycles. The Labute approximate surface area is 190 Å². The van der Waals surface area contributed by atoms with Crippen molar-refractivity contribution in [3.8, 4) is 0 Å². The molecule has 150 valence electrons. The molecule has 4 aromatic carbocycles. The highest BCUT2D eigenvalue weighted by atomic mass is 79.9. The summed E-state index contributed by atoms with van der Waals surface area (Å²) < 4.78 is 0.382. The van der Waals surface area contributed by atoms with Gasteiger partial charge in [0.15, 0.2) is 0 Å². The van der Waals surface area contributed by atoms with Crippen LogP contribution >= 0.6 is 15.9 Å². The van der Waals surface area contributed by atoms with E-state index in [-0.39, 0.29) is 0 Å². The first kappa shape index (κ1) is 21.0. The summed E-state index contributed by atoms with van der Waals surface area (Å²) in [7, 11) is -4.26. The van der Waals surface area contributed by atoms with Gasteiger partial charge < -0.3 is 0 Å². The normalized spacial score (nSPS) is 12.1. The van der Waals surface area contributed by atoms with Gasteiger partial charge >= 0.3 is 0 Å². The lowest BCUT2D eigenvalue weighted by atomic mass is 10.4. The van der Waals surface area contributed by atoms with Gasteiger partial charge in [0.25, 0.3) is 0 Å². The van der Waals surface area contributed by atoms with Crippen molar-refractivity contribution in [1.82, 2.24) is 0 Å². The molecular weight excluding hydrogens is 460 g/mol. The van der Waals surface area contributed by atoms with Crippen molar-refractivity contribution in [1.29, 1.82) is 0 Å². The van der Waals surface area contributed by atoms with Crippen LogP contribution in [0.15, 0.2) is 121 Å². The summed E-state index contributed by atoms with van der Waals surface area (Å²) in [4.78, 5) is 0. The van der Waals surface area contributed by atoms with Crippen LogP contribution in [0, 0.1) is 0 Å². The summed E-state index contributed by atoms with van der Waals surface area (Å²) in [6, 6.07) is 44.6. The van der Waals surface area contributed by atoms with Gasteiger partial charge in [-0.2, -0.15) is 0 Å². The van der Waals surface area contributed by atoms with E-state index in [1.54, 1.807) is 0 Å². The summed E-state index contributed by atoms with van der Waals surface area (Å²) >= 11 is 4.39. The number of alkyl halides is 1. The van der Waals surface area contributed by atoms with Gasteiger partial charge in [0.1, 0.15) is 16.1 Å². The molecule has 4 aromatic rings. The lowest BCUT2D eigenvalue weighted by Gasteiger charge is -2.44. The van der Waals surface area contributed by atoms with Gasteiger partial charge in [-0.25, -0.2) is 0 Å². The molecule has 4 rings (SSSR count). The minimum absolute atomic E-state index is 0.382. The third-order valence-corrected chi connectivity index (χ3v) is 23.6. The summed E-state index contributed by atoms with van der Waals surface area (Å²) in [6.07, 6.45) is 0. The van der Waals surface area contributed by atoms with Crippen LogP contribution in [-0.4, -0.2) is 20.2 Å². The number of rotatable bonds is 6. The quantitative estimate of drug-likeness (QED) is 0.275. The van der Waals surface area contributed by atoms with Crippen molar-refractivity contribution in [2.24, 2.45) is 0 Å². The van der Waals surface area contributed by atoms with E-state index in [2.05, 4.69) is 150 Å². The largest absolute Gasteiger partial charge is 0.126 e. The van der Waals surface area contributed by atoms with Crippen LogP contribution in [0.1, 0.15) is 0 Å². The fourth-order valence-corrected chi connectivity index (χ4v) is 19.8. The highest BCUT2D eigenvalue weighted by molar-refractivity contribution is 9.10. The smallest absolute Gasteiger partial charge is 0.0943 e. The molecule has 0 aliphatic carbocycles. The number of hydrogen-bond acceptors (Lipinski definition) is 0. The third-order valence-electron chi connectivity index (χ3n) is 6.51. The van der Waals surface area contributed by atoms with Crippen molar-refractivity contribution >= 4 is 52.8 Å². The topological polar surface area (TPSA) is 0 Å². The second kappa shape index (κ2) is 8.88. The van der Waals surface area contributed by atoms with Crippen molar-refractivity contribution < 1.29 is 0 Å². The first-order chi connectivity index (χ1) is 14.6. The van der Waals surface area contributed by atoms with Crippen LogP contribution in [0.4, 0.5) is 0 Å². The molecule has 0 amide bonds. The molecule has 0 N–H and O–H groups in total. The minimum Gasteiger partial charge on any atom is -0.0943 e. The average Bonchev–Trinajstić information content (AvgIpc) is 2.84. The second-order valence-corrected chi connectivity index (χ2v) is 19.7. The van der Waals surface area contributed by atoms with Crippen LogP contribution in [0.25, 0.3) is 0 Å². The van der Waals surface area contributed by atoms with Crippen LogP contribution in [0.3, 0.4) is 0 Å². The molecule has 0 bridgehead atoms. The van der Waals surface area contributed by atoms with E-state index < -0.39 is 16.1 Å². The van der Waals surface area contributed by atoms with Gasteiger partial charge in [0, 0.05) is 4.07 Å². The molecule has 0 radical (unpaired) electrons.